The molecule has 0 unspecified atom stereocenters. The molecular weight excluding hydrogens is 640 g/mol. The first-order valence-corrected chi connectivity index (χ1v) is 14.0. The summed E-state index contributed by atoms with van der Waals surface area (Å²) in [4.78, 5) is 6.50. The zero-order valence-corrected chi connectivity index (χ0v) is 25.9. The van der Waals surface area contributed by atoms with E-state index < -0.39 is 23.5 Å². The molecule has 0 aliphatic heterocycles. The highest BCUT2D eigenvalue weighted by atomic mass is 35.5. The van der Waals surface area contributed by atoms with Crippen molar-refractivity contribution in [3.05, 3.63) is 88.8 Å². The number of fused-ring (bicyclic) bond motifs is 1. The van der Waals surface area contributed by atoms with Crippen molar-refractivity contribution in [3.63, 3.8) is 0 Å². The molecule has 0 saturated heterocycles. The van der Waals surface area contributed by atoms with Crippen molar-refractivity contribution in [2.45, 2.75) is 18.9 Å². The molecule has 46 heavy (non-hydrogen) atoms. The molecule has 7 nitrogen and oxygen atoms in total. The van der Waals surface area contributed by atoms with Crippen LogP contribution in [-0.2, 0) is 28.4 Å². The normalized spacial score (nSPS) is 12.1. The number of benzene rings is 3. The van der Waals surface area contributed by atoms with Crippen molar-refractivity contribution in [3.8, 4) is 5.75 Å². The molecule has 1 aromatic heterocycles. The summed E-state index contributed by atoms with van der Waals surface area (Å²) in [5, 5.41) is 2.78. The third-order valence-corrected chi connectivity index (χ3v) is 6.47. The van der Waals surface area contributed by atoms with Crippen molar-refractivity contribution >= 4 is 41.3 Å². The quantitative estimate of drug-likeness (QED) is 0.102. The number of alkyl halides is 6. The Labute approximate surface area is 268 Å². The average Bonchev–Trinajstić information content (AvgIpc) is 3.40. The molecule has 0 amide bonds. The van der Waals surface area contributed by atoms with Crippen molar-refractivity contribution < 1.29 is 45.0 Å². The van der Waals surface area contributed by atoms with Crippen LogP contribution < -0.4 is 15.0 Å². The molecule has 0 aliphatic rings. The summed E-state index contributed by atoms with van der Waals surface area (Å²) in [6.45, 7) is 1.37. The van der Waals surface area contributed by atoms with Gasteiger partial charge in [-0.15, -0.1) is 12.4 Å². The Morgan fingerprint density at radius 2 is 1.41 bits per heavy atom. The standard InChI is InChI=1S/C32H33F6N3O4.ClH/c1-41(2)26-6-3-22(4-7-26)5-10-30-40-28-9-8-27(20-29(28)45-30)44-16-15-43-14-13-42-12-11-39-21-23-17-24(31(33,34)35)19-25(18-23)32(36,37)38;/h3-10,17-20,39H,11-16,21H2,1-2H3;1H/b10-5+;. The number of rotatable bonds is 15. The van der Waals surface area contributed by atoms with E-state index in [2.05, 4.69) is 10.3 Å². The molecule has 0 radical (unpaired) electrons. The number of aromatic nitrogens is 1. The molecule has 0 atom stereocenters. The fourth-order valence-corrected chi connectivity index (χ4v) is 4.17. The Bertz CT molecular complexity index is 1520. The molecule has 14 heteroatoms. The van der Waals surface area contributed by atoms with Crippen LogP contribution in [0.15, 0.2) is 65.1 Å². The third-order valence-electron chi connectivity index (χ3n) is 6.47. The summed E-state index contributed by atoms with van der Waals surface area (Å²) in [6.07, 6.45) is -6.02. The van der Waals surface area contributed by atoms with E-state index in [0.29, 0.717) is 41.5 Å². The Morgan fingerprint density at radius 1 is 0.783 bits per heavy atom. The van der Waals surface area contributed by atoms with Crippen LogP contribution in [0.4, 0.5) is 32.0 Å². The van der Waals surface area contributed by atoms with Gasteiger partial charge in [-0.3, -0.25) is 0 Å². The van der Waals surface area contributed by atoms with Gasteiger partial charge in [0, 0.05) is 45.0 Å². The lowest BCUT2D eigenvalue weighted by atomic mass is 10.0. The lowest BCUT2D eigenvalue weighted by Crippen LogP contribution is -2.21. The maximum absolute atomic E-state index is 13.0. The molecule has 1 N–H and O–H groups in total. The molecule has 250 valence electrons. The van der Waals surface area contributed by atoms with Crippen LogP contribution in [0.5, 0.6) is 5.75 Å². The number of oxazole rings is 1. The van der Waals surface area contributed by atoms with Gasteiger partial charge in [0.25, 0.3) is 0 Å². The van der Waals surface area contributed by atoms with Gasteiger partial charge in [-0.25, -0.2) is 4.98 Å². The van der Waals surface area contributed by atoms with E-state index in [-0.39, 0.29) is 63.6 Å². The minimum atomic E-state index is -4.88. The summed E-state index contributed by atoms with van der Waals surface area (Å²) in [5.41, 5.74) is 0.617. The van der Waals surface area contributed by atoms with Crippen LogP contribution >= 0.6 is 12.4 Å². The van der Waals surface area contributed by atoms with E-state index >= 15 is 0 Å². The minimum Gasteiger partial charge on any atom is -0.491 e. The number of ether oxygens (including phenoxy) is 3. The predicted molar refractivity (Wildman–Crippen MR) is 166 cm³/mol. The van der Waals surface area contributed by atoms with Gasteiger partial charge in [0.05, 0.1) is 37.6 Å². The van der Waals surface area contributed by atoms with Crippen LogP contribution in [0.3, 0.4) is 0 Å². The first kappa shape index (κ1) is 36.7. The molecule has 0 saturated carbocycles. The van der Waals surface area contributed by atoms with Crippen molar-refractivity contribution in [1.29, 1.82) is 0 Å². The van der Waals surface area contributed by atoms with Gasteiger partial charge < -0.3 is 28.8 Å². The average molecular weight is 674 g/mol. The highest BCUT2D eigenvalue weighted by Crippen LogP contribution is 2.36. The molecule has 0 bridgehead atoms. The monoisotopic (exact) mass is 673 g/mol. The topological polar surface area (TPSA) is 69.0 Å². The first-order valence-electron chi connectivity index (χ1n) is 14.0. The zero-order valence-electron chi connectivity index (χ0n) is 25.1. The molecule has 4 rings (SSSR count). The Balaban J connectivity index is 0.00000576. The van der Waals surface area contributed by atoms with Gasteiger partial charge in [-0.05, 0) is 59.7 Å². The van der Waals surface area contributed by atoms with E-state index in [9.17, 15) is 26.3 Å². The van der Waals surface area contributed by atoms with Gasteiger partial charge in [0.1, 0.15) is 17.9 Å². The Morgan fingerprint density at radius 3 is 2.04 bits per heavy atom. The summed E-state index contributed by atoms with van der Waals surface area (Å²) in [7, 11) is 3.97. The molecule has 0 spiro atoms. The summed E-state index contributed by atoms with van der Waals surface area (Å²) < 4.78 is 100. The fourth-order valence-electron chi connectivity index (χ4n) is 4.17. The van der Waals surface area contributed by atoms with E-state index in [1.165, 1.54) is 0 Å². The Kier molecular flexibility index (Phi) is 13.3. The SMILES string of the molecule is CN(C)c1ccc(/C=C/c2nc3ccc(OCCOCCOCCNCc4cc(C(F)(F)F)cc(C(F)(F)F)c4)cc3o2)cc1.Cl. The van der Waals surface area contributed by atoms with Crippen molar-refractivity contribution in [2.24, 2.45) is 0 Å². The van der Waals surface area contributed by atoms with Gasteiger partial charge >= 0.3 is 12.4 Å². The van der Waals surface area contributed by atoms with Crippen molar-refractivity contribution in [1.82, 2.24) is 10.3 Å². The molecule has 3 aromatic carbocycles. The number of anilines is 1. The van der Waals surface area contributed by atoms with Gasteiger partial charge in [-0.2, -0.15) is 26.3 Å². The van der Waals surface area contributed by atoms with Crippen LogP contribution in [0.1, 0.15) is 28.1 Å². The van der Waals surface area contributed by atoms with Gasteiger partial charge in [-0.1, -0.05) is 12.1 Å². The molecule has 1 heterocycles. The van der Waals surface area contributed by atoms with Crippen LogP contribution in [-0.4, -0.2) is 58.7 Å². The molecule has 0 aliphatic carbocycles. The second-order valence-corrected chi connectivity index (χ2v) is 10.2. The number of nitrogens with zero attached hydrogens (tertiary/aromatic N) is 2. The fraction of sp³-hybridized carbons (Fsp3) is 0.344. The van der Waals surface area contributed by atoms with Gasteiger partial charge in [0.15, 0.2) is 5.58 Å². The van der Waals surface area contributed by atoms with Crippen molar-refractivity contribution in [2.75, 3.05) is 58.6 Å². The first-order chi connectivity index (χ1) is 21.4. The van der Waals surface area contributed by atoms with Crippen LogP contribution in [0.2, 0.25) is 0 Å². The second kappa shape index (κ2) is 16.7. The number of hydrogen-bond donors (Lipinski definition) is 1. The summed E-state index contributed by atoms with van der Waals surface area (Å²) >= 11 is 0. The lowest BCUT2D eigenvalue weighted by molar-refractivity contribution is -0.143. The highest BCUT2D eigenvalue weighted by Gasteiger charge is 2.36. The summed E-state index contributed by atoms with van der Waals surface area (Å²) in [5.74, 6) is 1.08. The zero-order chi connectivity index (χ0) is 32.5. The smallest absolute Gasteiger partial charge is 0.416 e. The van der Waals surface area contributed by atoms with E-state index in [4.69, 9.17) is 18.6 Å². The highest BCUT2D eigenvalue weighted by molar-refractivity contribution is 5.85. The lowest BCUT2D eigenvalue weighted by Gasteiger charge is -2.14. The maximum atomic E-state index is 13.0. The van der Waals surface area contributed by atoms with E-state index in [1.54, 1.807) is 18.2 Å². The number of halogens is 7. The van der Waals surface area contributed by atoms with Gasteiger partial charge in [0.2, 0.25) is 5.89 Å². The third kappa shape index (κ3) is 11.2. The molecule has 4 aromatic rings. The second-order valence-electron chi connectivity index (χ2n) is 10.2. The Hall–Kier alpha value is -3.78. The molecular formula is C32H34ClF6N3O4. The number of nitrogens with one attached hydrogen (secondary N) is 1. The summed E-state index contributed by atoms with van der Waals surface area (Å²) in [6, 6.07) is 14.9. The number of hydrogen-bond acceptors (Lipinski definition) is 7. The minimum absolute atomic E-state index is 0. The predicted octanol–water partition coefficient (Wildman–Crippen LogP) is 7.73. The largest absolute Gasteiger partial charge is 0.491 e. The van der Waals surface area contributed by atoms with E-state index in [1.807, 2.05) is 55.4 Å². The van der Waals surface area contributed by atoms with Crippen LogP contribution in [0.25, 0.3) is 23.3 Å². The van der Waals surface area contributed by atoms with E-state index in [0.717, 1.165) is 11.3 Å². The molecule has 0 fully saturated rings. The van der Waals surface area contributed by atoms with Crippen LogP contribution in [0, 0.1) is 0 Å². The maximum Gasteiger partial charge on any atom is 0.416 e.